The maximum absolute atomic E-state index is 11.9. The predicted octanol–water partition coefficient (Wildman–Crippen LogP) is 3.37. The molecule has 1 unspecified atom stereocenters. The highest BCUT2D eigenvalue weighted by Gasteiger charge is 2.14. The van der Waals surface area contributed by atoms with Gasteiger partial charge in [-0.2, -0.15) is 0 Å². The molecular weight excluding hydrogens is 290 g/mol. The molecular formula is C16H18ClNO3. The van der Waals surface area contributed by atoms with Crippen LogP contribution in [0, 0.1) is 0 Å². The number of nitrogens with one attached hydrogen (secondary N) is 1. The third-order valence-corrected chi connectivity index (χ3v) is 3.39. The van der Waals surface area contributed by atoms with Gasteiger partial charge in [-0.15, -0.1) is 0 Å². The van der Waals surface area contributed by atoms with Gasteiger partial charge in [-0.25, -0.2) is 0 Å². The second-order valence-electron chi connectivity index (χ2n) is 4.67. The summed E-state index contributed by atoms with van der Waals surface area (Å²) < 4.78 is 10.6. The van der Waals surface area contributed by atoms with Crippen molar-refractivity contribution in [1.82, 2.24) is 5.32 Å². The van der Waals surface area contributed by atoms with E-state index in [1.54, 1.807) is 19.4 Å². The number of amides is 1. The van der Waals surface area contributed by atoms with Gasteiger partial charge in [0.15, 0.2) is 0 Å². The SMILES string of the molecule is COC(CNC(=O)CCc1cccc(Cl)c1)c1ccco1. The van der Waals surface area contributed by atoms with Crippen molar-refractivity contribution in [1.29, 1.82) is 0 Å². The Bertz CT molecular complexity index is 569. The summed E-state index contributed by atoms with van der Waals surface area (Å²) in [6.07, 6.45) is 2.39. The lowest BCUT2D eigenvalue weighted by Crippen LogP contribution is -2.29. The highest BCUT2D eigenvalue weighted by atomic mass is 35.5. The molecule has 4 nitrogen and oxygen atoms in total. The Labute approximate surface area is 129 Å². The number of furan rings is 1. The Kier molecular flexibility index (Phi) is 5.84. The molecule has 1 heterocycles. The minimum absolute atomic E-state index is 0.0245. The van der Waals surface area contributed by atoms with Crippen LogP contribution in [-0.4, -0.2) is 19.6 Å². The summed E-state index contributed by atoms with van der Waals surface area (Å²) in [6.45, 7) is 0.387. The standard InChI is InChI=1S/C16H18ClNO3/c1-20-15(14-6-3-9-21-14)11-18-16(19)8-7-12-4-2-5-13(17)10-12/h2-6,9-10,15H,7-8,11H2,1H3,(H,18,19). The summed E-state index contributed by atoms with van der Waals surface area (Å²) >= 11 is 5.91. The first-order chi connectivity index (χ1) is 10.2. The lowest BCUT2D eigenvalue weighted by atomic mass is 10.1. The fraction of sp³-hybridized carbons (Fsp3) is 0.312. The average Bonchev–Trinajstić information content (AvgIpc) is 3.00. The van der Waals surface area contributed by atoms with E-state index in [-0.39, 0.29) is 12.0 Å². The largest absolute Gasteiger partial charge is 0.467 e. The molecule has 21 heavy (non-hydrogen) atoms. The molecule has 5 heteroatoms. The van der Waals surface area contributed by atoms with Crippen molar-refractivity contribution < 1.29 is 13.9 Å². The molecule has 1 aromatic heterocycles. The van der Waals surface area contributed by atoms with Crippen LogP contribution in [0.5, 0.6) is 0 Å². The third-order valence-electron chi connectivity index (χ3n) is 3.16. The lowest BCUT2D eigenvalue weighted by Gasteiger charge is -2.13. The van der Waals surface area contributed by atoms with Gasteiger partial charge in [0.1, 0.15) is 11.9 Å². The summed E-state index contributed by atoms with van der Waals surface area (Å²) in [5, 5.41) is 3.54. The molecule has 0 aliphatic heterocycles. The normalized spacial score (nSPS) is 12.1. The van der Waals surface area contributed by atoms with E-state index in [1.807, 2.05) is 30.3 Å². The first-order valence-corrected chi connectivity index (χ1v) is 7.14. The molecule has 112 valence electrons. The molecule has 1 N–H and O–H groups in total. The van der Waals surface area contributed by atoms with Crippen LogP contribution in [0.25, 0.3) is 0 Å². The molecule has 1 atom stereocenters. The molecule has 0 bridgehead atoms. The first-order valence-electron chi connectivity index (χ1n) is 6.76. The van der Waals surface area contributed by atoms with E-state index < -0.39 is 0 Å². The first kappa shape index (κ1) is 15.6. The Morgan fingerprint density at radius 1 is 1.38 bits per heavy atom. The molecule has 0 fully saturated rings. The molecule has 0 aliphatic rings. The molecule has 2 rings (SSSR count). The molecule has 0 radical (unpaired) electrons. The van der Waals surface area contributed by atoms with E-state index in [1.165, 1.54) is 0 Å². The van der Waals surface area contributed by atoms with Crippen molar-refractivity contribution >= 4 is 17.5 Å². The van der Waals surface area contributed by atoms with Crippen molar-refractivity contribution in [3.05, 3.63) is 59.0 Å². The van der Waals surface area contributed by atoms with Crippen molar-refractivity contribution in [3.63, 3.8) is 0 Å². The van der Waals surface area contributed by atoms with Gasteiger partial charge in [0.2, 0.25) is 5.91 Å². The van der Waals surface area contributed by atoms with E-state index in [2.05, 4.69) is 5.32 Å². The molecule has 0 spiro atoms. The number of halogens is 1. The van der Waals surface area contributed by atoms with Crippen LogP contribution in [0.3, 0.4) is 0 Å². The molecule has 0 saturated heterocycles. The number of methoxy groups -OCH3 is 1. The highest BCUT2D eigenvalue weighted by Crippen LogP contribution is 2.16. The van der Waals surface area contributed by atoms with Crippen molar-refractivity contribution in [2.24, 2.45) is 0 Å². The van der Waals surface area contributed by atoms with Gasteiger partial charge < -0.3 is 14.5 Å². The van der Waals surface area contributed by atoms with E-state index in [4.69, 9.17) is 20.8 Å². The number of carbonyl (C=O) groups is 1. The summed E-state index contributed by atoms with van der Waals surface area (Å²) in [4.78, 5) is 11.9. The topological polar surface area (TPSA) is 51.5 Å². The average molecular weight is 308 g/mol. The van der Waals surface area contributed by atoms with Gasteiger partial charge >= 0.3 is 0 Å². The van der Waals surface area contributed by atoms with Gasteiger partial charge in [-0.05, 0) is 36.2 Å². The Balaban J connectivity index is 1.77. The number of carbonyl (C=O) groups excluding carboxylic acids is 1. The zero-order valence-corrected chi connectivity index (χ0v) is 12.6. The van der Waals surface area contributed by atoms with Gasteiger partial charge in [0.05, 0.1) is 12.8 Å². The zero-order valence-electron chi connectivity index (χ0n) is 11.8. The van der Waals surface area contributed by atoms with E-state index in [0.29, 0.717) is 30.2 Å². The van der Waals surface area contributed by atoms with Gasteiger partial charge in [-0.1, -0.05) is 23.7 Å². The molecule has 2 aromatic rings. The second-order valence-corrected chi connectivity index (χ2v) is 5.11. The minimum Gasteiger partial charge on any atom is -0.467 e. The maximum Gasteiger partial charge on any atom is 0.220 e. The second kappa shape index (κ2) is 7.86. The predicted molar refractivity (Wildman–Crippen MR) is 81.2 cm³/mol. The van der Waals surface area contributed by atoms with Crippen LogP contribution >= 0.6 is 11.6 Å². The Hall–Kier alpha value is -1.78. The third kappa shape index (κ3) is 4.92. The van der Waals surface area contributed by atoms with Crippen molar-refractivity contribution in [2.75, 3.05) is 13.7 Å². The number of rotatable bonds is 7. The fourth-order valence-corrected chi connectivity index (χ4v) is 2.23. The lowest BCUT2D eigenvalue weighted by molar-refractivity contribution is -0.121. The summed E-state index contributed by atoms with van der Waals surface area (Å²) in [7, 11) is 1.59. The highest BCUT2D eigenvalue weighted by molar-refractivity contribution is 6.30. The fourth-order valence-electron chi connectivity index (χ4n) is 2.02. The molecule has 0 aliphatic carbocycles. The maximum atomic E-state index is 11.9. The van der Waals surface area contributed by atoms with Crippen LogP contribution in [0.15, 0.2) is 47.1 Å². The summed E-state index contributed by atoms with van der Waals surface area (Å²) in [6, 6.07) is 11.1. The van der Waals surface area contributed by atoms with E-state index in [9.17, 15) is 4.79 Å². The van der Waals surface area contributed by atoms with E-state index in [0.717, 1.165) is 5.56 Å². The van der Waals surface area contributed by atoms with Crippen molar-refractivity contribution in [3.8, 4) is 0 Å². The van der Waals surface area contributed by atoms with Crippen LogP contribution in [0.4, 0.5) is 0 Å². The van der Waals surface area contributed by atoms with Crippen LogP contribution in [0.2, 0.25) is 5.02 Å². The van der Waals surface area contributed by atoms with Crippen molar-refractivity contribution in [2.45, 2.75) is 18.9 Å². The number of benzene rings is 1. The van der Waals surface area contributed by atoms with E-state index >= 15 is 0 Å². The quantitative estimate of drug-likeness (QED) is 0.853. The molecule has 0 saturated carbocycles. The minimum atomic E-state index is -0.268. The van der Waals surface area contributed by atoms with Gasteiger partial charge in [-0.3, -0.25) is 4.79 Å². The van der Waals surface area contributed by atoms with Gasteiger partial charge in [0.25, 0.3) is 0 Å². The molecule has 1 amide bonds. The Morgan fingerprint density at radius 2 is 2.24 bits per heavy atom. The smallest absolute Gasteiger partial charge is 0.220 e. The monoisotopic (exact) mass is 307 g/mol. The summed E-state index contributed by atoms with van der Waals surface area (Å²) in [5.74, 6) is 0.677. The number of aryl methyl sites for hydroxylation is 1. The van der Waals surface area contributed by atoms with Crippen LogP contribution in [-0.2, 0) is 16.0 Å². The number of ether oxygens (including phenoxy) is 1. The number of hydrogen-bond donors (Lipinski definition) is 1. The molecule has 1 aromatic carbocycles. The number of hydrogen-bond acceptors (Lipinski definition) is 3. The summed E-state index contributed by atoms with van der Waals surface area (Å²) in [5.41, 5.74) is 1.05. The van der Waals surface area contributed by atoms with Crippen LogP contribution < -0.4 is 5.32 Å². The zero-order chi connectivity index (χ0) is 15.1. The van der Waals surface area contributed by atoms with Crippen LogP contribution in [0.1, 0.15) is 23.8 Å². The van der Waals surface area contributed by atoms with Gasteiger partial charge in [0, 0.05) is 18.6 Å². The Morgan fingerprint density at radius 3 is 2.90 bits per heavy atom.